The molecule has 5 heteroatoms. The molecule has 0 radical (unpaired) electrons. The smallest absolute Gasteiger partial charge is 0.233 e. The lowest BCUT2D eigenvalue weighted by Gasteiger charge is -2.15. The van der Waals surface area contributed by atoms with Gasteiger partial charge in [-0.05, 0) is 26.0 Å². The molecular weight excluding hydrogens is 246 g/mol. The van der Waals surface area contributed by atoms with Crippen LogP contribution in [0.15, 0.2) is 39.8 Å². The van der Waals surface area contributed by atoms with Crippen LogP contribution in [0.3, 0.4) is 0 Å². The molecule has 2 rings (SSSR count). The minimum absolute atomic E-state index is 0.261. The summed E-state index contributed by atoms with van der Waals surface area (Å²) >= 11 is 1.69. The largest absolute Gasteiger partial charge is 0.339 e. The van der Waals surface area contributed by atoms with Crippen molar-refractivity contribution in [3.63, 3.8) is 0 Å². The van der Waals surface area contributed by atoms with Gasteiger partial charge >= 0.3 is 0 Å². The third kappa shape index (κ3) is 3.11. The number of rotatable bonds is 5. The SMILES string of the molecule is CC(C)(CN)c1nc(CSc2ccccc2)no1. The quantitative estimate of drug-likeness (QED) is 0.840. The van der Waals surface area contributed by atoms with E-state index in [4.69, 9.17) is 10.3 Å². The van der Waals surface area contributed by atoms with Crippen molar-refractivity contribution in [1.82, 2.24) is 10.1 Å². The van der Waals surface area contributed by atoms with Gasteiger partial charge in [0.1, 0.15) is 0 Å². The molecule has 0 unspecified atom stereocenters. The van der Waals surface area contributed by atoms with Crippen molar-refractivity contribution in [3.8, 4) is 0 Å². The minimum atomic E-state index is -0.261. The maximum absolute atomic E-state index is 5.68. The zero-order valence-electron chi connectivity index (χ0n) is 10.6. The van der Waals surface area contributed by atoms with Crippen molar-refractivity contribution in [3.05, 3.63) is 42.0 Å². The van der Waals surface area contributed by atoms with Crippen molar-refractivity contribution >= 4 is 11.8 Å². The number of hydrogen-bond donors (Lipinski definition) is 1. The Labute approximate surface area is 111 Å². The van der Waals surface area contributed by atoms with Crippen LogP contribution in [-0.4, -0.2) is 16.7 Å². The minimum Gasteiger partial charge on any atom is -0.339 e. The number of nitrogens with zero attached hydrogens (tertiary/aromatic N) is 2. The van der Waals surface area contributed by atoms with Crippen LogP contribution >= 0.6 is 11.8 Å². The lowest BCUT2D eigenvalue weighted by molar-refractivity contribution is 0.309. The molecule has 4 nitrogen and oxygen atoms in total. The van der Waals surface area contributed by atoms with Crippen LogP contribution in [-0.2, 0) is 11.2 Å². The summed E-state index contributed by atoms with van der Waals surface area (Å²) in [5, 5.41) is 3.98. The third-order valence-corrected chi connectivity index (χ3v) is 3.68. The lowest BCUT2D eigenvalue weighted by Crippen LogP contribution is -2.28. The normalized spacial score (nSPS) is 11.7. The monoisotopic (exact) mass is 263 g/mol. The van der Waals surface area contributed by atoms with Crippen molar-refractivity contribution < 1.29 is 4.52 Å². The number of aromatic nitrogens is 2. The van der Waals surface area contributed by atoms with Gasteiger partial charge in [-0.1, -0.05) is 23.4 Å². The fraction of sp³-hybridized carbons (Fsp3) is 0.385. The summed E-state index contributed by atoms with van der Waals surface area (Å²) in [6.07, 6.45) is 0. The molecule has 2 N–H and O–H groups in total. The molecular formula is C13H17N3OS. The summed E-state index contributed by atoms with van der Waals surface area (Å²) in [5.41, 5.74) is 5.42. The maximum Gasteiger partial charge on any atom is 0.233 e. The van der Waals surface area contributed by atoms with Crippen LogP contribution in [0.25, 0.3) is 0 Å². The fourth-order valence-electron chi connectivity index (χ4n) is 1.34. The number of nitrogens with two attached hydrogens (primary N) is 1. The van der Waals surface area contributed by atoms with Gasteiger partial charge in [-0.15, -0.1) is 11.8 Å². The van der Waals surface area contributed by atoms with Crippen LogP contribution in [0, 0.1) is 0 Å². The van der Waals surface area contributed by atoms with Gasteiger partial charge < -0.3 is 10.3 Å². The molecule has 0 fully saturated rings. The second-order valence-corrected chi connectivity index (χ2v) is 5.75. The van der Waals surface area contributed by atoms with E-state index < -0.39 is 0 Å². The summed E-state index contributed by atoms with van der Waals surface area (Å²) in [7, 11) is 0. The Morgan fingerprint density at radius 3 is 2.67 bits per heavy atom. The van der Waals surface area contributed by atoms with Gasteiger partial charge in [0.25, 0.3) is 0 Å². The van der Waals surface area contributed by atoms with E-state index in [1.807, 2.05) is 32.0 Å². The Bertz CT molecular complexity index is 496. The standard InChI is InChI=1S/C13H17N3OS/c1-13(2,9-14)12-15-11(16-17-12)8-18-10-6-4-3-5-7-10/h3-7H,8-9,14H2,1-2H3. The Hall–Kier alpha value is -1.33. The van der Waals surface area contributed by atoms with Crippen molar-refractivity contribution in [2.24, 2.45) is 5.73 Å². The molecule has 18 heavy (non-hydrogen) atoms. The highest BCUT2D eigenvalue weighted by molar-refractivity contribution is 7.98. The highest BCUT2D eigenvalue weighted by Gasteiger charge is 2.25. The first kappa shape index (κ1) is 13.1. The van der Waals surface area contributed by atoms with E-state index in [9.17, 15) is 0 Å². The fourth-order valence-corrected chi connectivity index (χ4v) is 2.10. The molecule has 0 saturated carbocycles. The maximum atomic E-state index is 5.68. The molecule has 0 spiro atoms. The number of hydrogen-bond acceptors (Lipinski definition) is 5. The van der Waals surface area contributed by atoms with Crippen LogP contribution < -0.4 is 5.73 Å². The van der Waals surface area contributed by atoms with E-state index in [-0.39, 0.29) is 5.41 Å². The van der Waals surface area contributed by atoms with E-state index in [0.29, 0.717) is 24.0 Å². The second kappa shape index (κ2) is 5.54. The predicted molar refractivity (Wildman–Crippen MR) is 72.4 cm³/mol. The second-order valence-electron chi connectivity index (χ2n) is 4.71. The summed E-state index contributed by atoms with van der Waals surface area (Å²) in [6, 6.07) is 10.2. The van der Waals surface area contributed by atoms with Crippen molar-refractivity contribution in [2.45, 2.75) is 29.9 Å². The molecule has 0 aliphatic heterocycles. The molecule has 2 aromatic rings. The van der Waals surface area contributed by atoms with Crippen LogP contribution in [0.1, 0.15) is 25.6 Å². The predicted octanol–water partition coefficient (Wildman–Crippen LogP) is 2.60. The average Bonchev–Trinajstić information content (AvgIpc) is 2.87. The average molecular weight is 263 g/mol. The van der Waals surface area contributed by atoms with Gasteiger partial charge in [0.05, 0.1) is 11.2 Å². The van der Waals surface area contributed by atoms with E-state index >= 15 is 0 Å². The lowest BCUT2D eigenvalue weighted by atomic mass is 9.94. The molecule has 1 heterocycles. The van der Waals surface area contributed by atoms with Gasteiger partial charge in [-0.25, -0.2) is 0 Å². The summed E-state index contributed by atoms with van der Waals surface area (Å²) in [4.78, 5) is 5.59. The zero-order valence-corrected chi connectivity index (χ0v) is 11.4. The van der Waals surface area contributed by atoms with Crippen molar-refractivity contribution in [2.75, 3.05) is 6.54 Å². The molecule has 96 valence electrons. The zero-order chi connectivity index (χ0) is 13.0. The molecule has 1 aromatic carbocycles. The highest BCUT2D eigenvalue weighted by Crippen LogP contribution is 2.23. The number of benzene rings is 1. The van der Waals surface area contributed by atoms with Gasteiger partial charge in [-0.2, -0.15) is 4.98 Å². The number of thioether (sulfide) groups is 1. The first-order valence-electron chi connectivity index (χ1n) is 5.83. The molecule has 1 aromatic heterocycles. The topological polar surface area (TPSA) is 64.9 Å². The Kier molecular flexibility index (Phi) is 4.04. The first-order chi connectivity index (χ1) is 8.62. The molecule has 0 atom stereocenters. The molecule has 0 aliphatic carbocycles. The molecule has 0 saturated heterocycles. The van der Waals surface area contributed by atoms with E-state index in [0.717, 1.165) is 0 Å². The van der Waals surface area contributed by atoms with E-state index in [1.54, 1.807) is 11.8 Å². The van der Waals surface area contributed by atoms with E-state index in [2.05, 4.69) is 22.3 Å². The Morgan fingerprint density at radius 1 is 1.28 bits per heavy atom. The van der Waals surface area contributed by atoms with E-state index in [1.165, 1.54) is 4.90 Å². The Balaban J connectivity index is 1.99. The molecule has 0 amide bonds. The van der Waals surface area contributed by atoms with Crippen LogP contribution in [0.5, 0.6) is 0 Å². The third-order valence-electron chi connectivity index (χ3n) is 2.67. The highest BCUT2D eigenvalue weighted by atomic mass is 32.2. The van der Waals surface area contributed by atoms with Crippen LogP contribution in [0.2, 0.25) is 0 Å². The van der Waals surface area contributed by atoms with Gasteiger partial charge in [-0.3, -0.25) is 0 Å². The summed E-state index contributed by atoms with van der Waals surface area (Å²) in [5.74, 6) is 2.02. The Morgan fingerprint density at radius 2 is 2.00 bits per heavy atom. The summed E-state index contributed by atoms with van der Waals surface area (Å²) < 4.78 is 5.25. The van der Waals surface area contributed by atoms with Gasteiger partial charge in [0, 0.05) is 11.4 Å². The first-order valence-corrected chi connectivity index (χ1v) is 6.81. The van der Waals surface area contributed by atoms with Crippen LogP contribution in [0.4, 0.5) is 0 Å². The van der Waals surface area contributed by atoms with Crippen molar-refractivity contribution in [1.29, 1.82) is 0 Å². The van der Waals surface area contributed by atoms with Gasteiger partial charge in [0.15, 0.2) is 5.82 Å². The summed E-state index contributed by atoms with van der Waals surface area (Å²) in [6.45, 7) is 4.48. The molecule has 0 aliphatic rings. The molecule has 0 bridgehead atoms. The van der Waals surface area contributed by atoms with Gasteiger partial charge in [0.2, 0.25) is 5.89 Å².